The van der Waals surface area contributed by atoms with E-state index in [1.165, 1.54) is 31.0 Å². The molecule has 1 aromatic carbocycles. The van der Waals surface area contributed by atoms with Gasteiger partial charge in [0.1, 0.15) is 10.1 Å². The third-order valence-corrected chi connectivity index (χ3v) is 4.11. The van der Waals surface area contributed by atoms with Gasteiger partial charge in [0.25, 0.3) is 0 Å². The van der Waals surface area contributed by atoms with Crippen LogP contribution in [0.3, 0.4) is 0 Å². The lowest BCUT2D eigenvalue weighted by molar-refractivity contribution is 0.0975. The number of benzene rings is 1. The summed E-state index contributed by atoms with van der Waals surface area (Å²) >= 11 is 0. The maximum Gasteiger partial charge on any atom is 0.164 e. The van der Waals surface area contributed by atoms with Gasteiger partial charge < -0.3 is 4.55 Å². The fraction of sp³-hybridized carbons (Fsp3) is 0.533. The number of rotatable bonds is 9. The van der Waals surface area contributed by atoms with Gasteiger partial charge >= 0.3 is 0 Å². The lowest BCUT2D eigenvalue weighted by Crippen LogP contribution is -2.08. The number of hydrogen-bond donors (Lipinski definition) is 0. The van der Waals surface area contributed by atoms with Gasteiger partial charge in [0.15, 0.2) is 5.78 Å². The number of unbranched alkanes of at least 4 members (excludes halogenated alkanes) is 5. The SMILES string of the molecule is CCCCCCCCC(=O)c1ccccc1S(=O)(=O)[O-]. The molecule has 0 heterocycles. The van der Waals surface area contributed by atoms with Crippen LogP contribution in [-0.2, 0) is 10.1 Å². The Bertz CT molecular complexity index is 535. The molecule has 0 bridgehead atoms. The summed E-state index contributed by atoms with van der Waals surface area (Å²) in [5.41, 5.74) is 0.0241. The Morgan fingerprint density at radius 3 is 2.30 bits per heavy atom. The van der Waals surface area contributed by atoms with E-state index in [4.69, 9.17) is 0 Å². The predicted octanol–water partition coefficient (Wildman–Crippen LogP) is 3.52. The molecule has 5 heteroatoms. The molecule has 0 saturated heterocycles. The predicted molar refractivity (Wildman–Crippen MR) is 76.7 cm³/mol. The van der Waals surface area contributed by atoms with Gasteiger partial charge in [-0.1, -0.05) is 57.2 Å². The molecule has 4 nitrogen and oxygen atoms in total. The summed E-state index contributed by atoms with van der Waals surface area (Å²) in [4.78, 5) is 11.6. The van der Waals surface area contributed by atoms with Gasteiger partial charge in [-0.2, -0.15) is 0 Å². The first kappa shape index (κ1) is 16.9. The van der Waals surface area contributed by atoms with Gasteiger partial charge in [-0.3, -0.25) is 4.79 Å². The average molecular weight is 297 g/mol. The van der Waals surface area contributed by atoms with Crippen molar-refractivity contribution in [2.45, 2.75) is 56.8 Å². The van der Waals surface area contributed by atoms with Gasteiger partial charge in [-0.15, -0.1) is 0 Å². The Hall–Kier alpha value is -1.20. The van der Waals surface area contributed by atoms with Crippen molar-refractivity contribution in [1.29, 1.82) is 0 Å². The van der Waals surface area contributed by atoms with E-state index in [1.807, 2.05) is 0 Å². The fourth-order valence-corrected chi connectivity index (χ4v) is 2.81. The molecule has 0 saturated carbocycles. The molecular formula is C15H21O4S-. The van der Waals surface area contributed by atoms with Gasteiger partial charge in [0.05, 0.1) is 4.90 Å². The summed E-state index contributed by atoms with van der Waals surface area (Å²) in [6.45, 7) is 2.14. The Kier molecular flexibility index (Phi) is 6.88. The van der Waals surface area contributed by atoms with E-state index in [1.54, 1.807) is 6.07 Å². The fourth-order valence-electron chi connectivity index (χ4n) is 2.12. The molecule has 0 radical (unpaired) electrons. The van der Waals surface area contributed by atoms with E-state index in [0.29, 0.717) is 6.42 Å². The van der Waals surface area contributed by atoms with E-state index in [0.717, 1.165) is 25.7 Å². The lowest BCUT2D eigenvalue weighted by Gasteiger charge is -2.11. The molecule has 0 unspecified atom stereocenters. The lowest BCUT2D eigenvalue weighted by atomic mass is 10.0. The Morgan fingerprint density at radius 2 is 1.65 bits per heavy atom. The van der Waals surface area contributed by atoms with Gasteiger partial charge in [0, 0.05) is 12.0 Å². The first-order valence-corrected chi connectivity index (χ1v) is 8.45. The highest BCUT2D eigenvalue weighted by Gasteiger charge is 2.14. The van der Waals surface area contributed by atoms with Crippen molar-refractivity contribution in [3.8, 4) is 0 Å². The quantitative estimate of drug-likeness (QED) is 0.397. The molecule has 1 aromatic rings. The summed E-state index contributed by atoms with van der Waals surface area (Å²) in [6, 6.07) is 5.62. The second-order valence-electron chi connectivity index (χ2n) is 4.89. The zero-order chi connectivity index (χ0) is 15.0. The van der Waals surface area contributed by atoms with Gasteiger partial charge in [-0.05, 0) is 12.5 Å². The second-order valence-corrected chi connectivity index (χ2v) is 6.24. The molecule has 112 valence electrons. The Morgan fingerprint density at radius 1 is 1.05 bits per heavy atom. The molecule has 0 aliphatic carbocycles. The number of Topliss-reactive ketones (excluding diaryl/α,β-unsaturated/α-hetero) is 1. The molecule has 0 N–H and O–H groups in total. The minimum absolute atomic E-state index is 0.0241. The third-order valence-electron chi connectivity index (χ3n) is 3.21. The van der Waals surface area contributed by atoms with Gasteiger partial charge in [-0.25, -0.2) is 8.42 Å². The smallest absolute Gasteiger partial charge is 0.164 e. The molecule has 0 atom stereocenters. The average Bonchev–Trinajstić information content (AvgIpc) is 2.41. The van der Waals surface area contributed by atoms with Crippen LogP contribution in [-0.4, -0.2) is 18.8 Å². The van der Waals surface area contributed by atoms with Crippen molar-refractivity contribution in [2.75, 3.05) is 0 Å². The normalized spacial score (nSPS) is 11.5. The van der Waals surface area contributed by atoms with Crippen molar-refractivity contribution in [1.82, 2.24) is 0 Å². The van der Waals surface area contributed by atoms with Crippen molar-refractivity contribution in [3.05, 3.63) is 29.8 Å². The summed E-state index contributed by atoms with van der Waals surface area (Å²) in [7, 11) is -4.59. The molecule has 0 aliphatic rings. The molecule has 0 amide bonds. The summed E-state index contributed by atoms with van der Waals surface area (Å²) in [6.07, 6.45) is 6.60. The summed E-state index contributed by atoms with van der Waals surface area (Å²) < 4.78 is 33.3. The molecular weight excluding hydrogens is 276 g/mol. The van der Waals surface area contributed by atoms with E-state index in [2.05, 4.69) is 6.92 Å². The van der Waals surface area contributed by atoms with Crippen LogP contribution in [0.4, 0.5) is 0 Å². The maximum atomic E-state index is 12.0. The van der Waals surface area contributed by atoms with E-state index < -0.39 is 15.0 Å². The largest absolute Gasteiger partial charge is 0.744 e. The van der Waals surface area contributed by atoms with Crippen LogP contribution < -0.4 is 0 Å². The first-order valence-electron chi connectivity index (χ1n) is 7.05. The molecule has 20 heavy (non-hydrogen) atoms. The summed E-state index contributed by atoms with van der Waals surface area (Å²) in [5, 5.41) is 0. The maximum absolute atomic E-state index is 12.0. The Balaban J connectivity index is 2.56. The minimum Gasteiger partial charge on any atom is -0.744 e. The molecule has 0 aliphatic heterocycles. The highest BCUT2D eigenvalue weighted by Crippen LogP contribution is 2.18. The van der Waals surface area contributed by atoms with E-state index >= 15 is 0 Å². The number of hydrogen-bond acceptors (Lipinski definition) is 4. The second kappa shape index (κ2) is 8.17. The zero-order valence-corrected chi connectivity index (χ0v) is 12.6. The Labute approximate surface area is 121 Å². The molecule has 1 rings (SSSR count). The first-order chi connectivity index (χ1) is 9.46. The zero-order valence-electron chi connectivity index (χ0n) is 11.8. The monoisotopic (exact) mass is 297 g/mol. The highest BCUT2D eigenvalue weighted by atomic mass is 32.2. The van der Waals surface area contributed by atoms with Crippen molar-refractivity contribution < 1.29 is 17.8 Å². The molecule has 0 fully saturated rings. The van der Waals surface area contributed by atoms with Crippen LogP contribution in [0.2, 0.25) is 0 Å². The van der Waals surface area contributed by atoms with Crippen LogP contribution in [0.5, 0.6) is 0 Å². The topological polar surface area (TPSA) is 74.3 Å². The molecule has 0 aromatic heterocycles. The standard InChI is InChI=1S/C15H22O4S/c1-2-3-4-5-6-7-11-14(16)13-10-8-9-12-15(13)20(17,18)19/h8-10,12H,2-7,11H2,1H3,(H,17,18,19)/p-1. The summed E-state index contributed by atoms with van der Waals surface area (Å²) in [5.74, 6) is -0.268. The van der Waals surface area contributed by atoms with Crippen LogP contribution in [0, 0.1) is 0 Å². The van der Waals surface area contributed by atoms with E-state index in [-0.39, 0.29) is 11.3 Å². The molecule has 0 spiro atoms. The van der Waals surface area contributed by atoms with Crippen LogP contribution in [0.1, 0.15) is 62.2 Å². The number of carbonyl (C=O) groups excluding carboxylic acids is 1. The van der Waals surface area contributed by atoms with Crippen LogP contribution in [0.15, 0.2) is 29.2 Å². The highest BCUT2D eigenvalue weighted by molar-refractivity contribution is 7.85. The van der Waals surface area contributed by atoms with Crippen molar-refractivity contribution in [2.24, 2.45) is 0 Å². The van der Waals surface area contributed by atoms with Crippen LogP contribution in [0.25, 0.3) is 0 Å². The van der Waals surface area contributed by atoms with E-state index in [9.17, 15) is 17.8 Å². The number of carbonyl (C=O) groups is 1. The van der Waals surface area contributed by atoms with Crippen molar-refractivity contribution in [3.63, 3.8) is 0 Å². The van der Waals surface area contributed by atoms with Gasteiger partial charge in [0.2, 0.25) is 0 Å². The van der Waals surface area contributed by atoms with Crippen LogP contribution >= 0.6 is 0 Å². The third kappa shape index (κ3) is 5.43. The minimum atomic E-state index is -4.59. The van der Waals surface area contributed by atoms with Crippen molar-refractivity contribution >= 4 is 15.9 Å². The number of ketones is 1.